The van der Waals surface area contributed by atoms with Gasteiger partial charge in [-0.3, -0.25) is 19.1 Å². The van der Waals surface area contributed by atoms with Gasteiger partial charge in [0.15, 0.2) is 5.78 Å². The summed E-state index contributed by atoms with van der Waals surface area (Å²) >= 11 is 0. The molecule has 2 aromatic carbocycles. The Morgan fingerprint density at radius 2 is 1.82 bits per heavy atom. The lowest BCUT2D eigenvalue weighted by Gasteiger charge is -2.38. The van der Waals surface area contributed by atoms with Crippen LogP contribution in [-0.2, 0) is 6.54 Å². The van der Waals surface area contributed by atoms with Crippen LogP contribution in [-0.4, -0.2) is 56.8 Å². The number of nitrogens with zero attached hydrogens (tertiary/aromatic N) is 3. The summed E-state index contributed by atoms with van der Waals surface area (Å²) in [5.41, 5.74) is -0.339. The van der Waals surface area contributed by atoms with Crippen molar-refractivity contribution in [1.29, 1.82) is 5.41 Å². The minimum absolute atomic E-state index is 0.0336. The fraction of sp³-hybridized carbons (Fsp3) is 0.280. The van der Waals surface area contributed by atoms with Crippen molar-refractivity contribution < 1.29 is 14.3 Å². The molecule has 1 aliphatic rings. The van der Waals surface area contributed by atoms with Crippen molar-refractivity contribution in [2.75, 3.05) is 25.0 Å². The van der Waals surface area contributed by atoms with Gasteiger partial charge in [-0.1, -0.05) is 30.3 Å². The monoisotopic (exact) mass is 463 g/mol. The standard InChI is InChI=1S/C25H26FN5O3/c26-19-6-8-20(9-7-19)29-23-21(14-27)24(33)31(17-28-23)16-25(34)10-12-30(13-11-25)15-22(32)18-4-2-1-3-5-18/h1-9,14,17,27,29,34H,10-13,15-16H2. The molecule has 2 heterocycles. The summed E-state index contributed by atoms with van der Waals surface area (Å²) in [4.78, 5) is 31.7. The lowest BCUT2D eigenvalue weighted by atomic mass is 9.91. The van der Waals surface area contributed by atoms with Crippen molar-refractivity contribution in [2.24, 2.45) is 0 Å². The number of benzene rings is 2. The normalized spacial score (nSPS) is 15.6. The molecule has 1 aromatic heterocycles. The average molecular weight is 464 g/mol. The van der Waals surface area contributed by atoms with Gasteiger partial charge in [0.1, 0.15) is 17.2 Å². The molecule has 1 saturated heterocycles. The zero-order chi connectivity index (χ0) is 24.1. The van der Waals surface area contributed by atoms with Gasteiger partial charge in [0, 0.05) is 30.6 Å². The summed E-state index contributed by atoms with van der Waals surface area (Å²) in [5.74, 6) is -0.166. The highest BCUT2D eigenvalue weighted by Crippen LogP contribution is 2.24. The Bertz CT molecular complexity index is 1220. The van der Waals surface area contributed by atoms with Gasteiger partial charge in [0.25, 0.3) is 5.56 Å². The number of hydrogen-bond acceptors (Lipinski definition) is 7. The van der Waals surface area contributed by atoms with E-state index in [9.17, 15) is 19.1 Å². The fourth-order valence-electron chi connectivity index (χ4n) is 4.04. The van der Waals surface area contributed by atoms with E-state index in [1.807, 2.05) is 23.1 Å². The first-order valence-electron chi connectivity index (χ1n) is 11.0. The zero-order valence-corrected chi connectivity index (χ0v) is 18.6. The number of carbonyl (C=O) groups is 1. The van der Waals surface area contributed by atoms with Gasteiger partial charge in [0.2, 0.25) is 0 Å². The van der Waals surface area contributed by atoms with Crippen LogP contribution in [0.3, 0.4) is 0 Å². The summed E-state index contributed by atoms with van der Waals surface area (Å²) in [6.45, 7) is 1.37. The van der Waals surface area contributed by atoms with E-state index >= 15 is 0 Å². The van der Waals surface area contributed by atoms with Crippen molar-refractivity contribution in [3.63, 3.8) is 0 Å². The molecule has 3 N–H and O–H groups in total. The number of halogens is 1. The number of carbonyl (C=O) groups excluding carboxylic acids is 1. The molecule has 9 heteroatoms. The van der Waals surface area contributed by atoms with Crippen LogP contribution in [0.1, 0.15) is 28.8 Å². The number of rotatable bonds is 8. The van der Waals surface area contributed by atoms with Crippen LogP contribution in [0.5, 0.6) is 0 Å². The Kier molecular flexibility index (Phi) is 6.95. The van der Waals surface area contributed by atoms with Crippen LogP contribution in [0, 0.1) is 11.2 Å². The number of Topliss-reactive ketones (excluding diaryl/α,β-unsaturated/α-hetero) is 1. The van der Waals surface area contributed by atoms with E-state index in [0.29, 0.717) is 37.2 Å². The largest absolute Gasteiger partial charge is 0.388 e. The summed E-state index contributed by atoms with van der Waals surface area (Å²) < 4.78 is 14.4. The van der Waals surface area contributed by atoms with Gasteiger partial charge >= 0.3 is 0 Å². The van der Waals surface area contributed by atoms with Gasteiger partial charge in [-0.2, -0.15) is 0 Å². The molecule has 3 aromatic rings. The fourth-order valence-corrected chi connectivity index (χ4v) is 4.04. The van der Waals surface area contributed by atoms with Gasteiger partial charge in [-0.05, 0) is 37.1 Å². The van der Waals surface area contributed by atoms with E-state index in [2.05, 4.69) is 10.3 Å². The molecule has 176 valence electrons. The van der Waals surface area contributed by atoms with E-state index in [1.54, 1.807) is 12.1 Å². The molecule has 0 unspecified atom stereocenters. The third-order valence-corrected chi connectivity index (χ3v) is 6.04. The van der Waals surface area contributed by atoms with Crippen molar-refractivity contribution in [3.05, 3.63) is 88.2 Å². The molecular weight excluding hydrogens is 437 g/mol. The lowest BCUT2D eigenvalue weighted by molar-refractivity contribution is -0.0336. The maximum atomic E-state index is 13.1. The Balaban J connectivity index is 1.41. The number of likely N-dealkylation sites (tertiary alicyclic amines) is 1. The van der Waals surface area contributed by atoms with Gasteiger partial charge in [0.05, 0.1) is 25.0 Å². The maximum Gasteiger partial charge on any atom is 0.264 e. The number of hydrogen-bond donors (Lipinski definition) is 3. The molecule has 0 atom stereocenters. The number of anilines is 2. The number of aromatic nitrogens is 2. The number of nitrogens with one attached hydrogen (secondary N) is 2. The van der Waals surface area contributed by atoms with E-state index < -0.39 is 11.2 Å². The zero-order valence-electron chi connectivity index (χ0n) is 18.6. The maximum absolute atomic E-state index is 13.1. The first kappa shape index (κ1) is 23.5. The third-order valence-electron chi connectivity index (χ3n) is 6.04. The van der Waals surface area contributed by atoms with Crippen molar-refractivity contribution in [1.82, 2.24) is 14.5 Å². The highest BCUT2D eigenvalue weighted by atomic mass is 19.1. The van der Waals surface area contributed by atoms with Crippen LogP contribution >= 0.6 is 0 Å². The molecular formula is C25H26FN5O3. The smallest absolute Gasteiger partial charge is 0.264 e. The minimum atomic E-state index is -1.12. The molecule has 0 spiro atoms. The summed E-state index contributed by atoms with van der Waals surface area (Å²) in [7, 11) is 0. The van der Waals surface area contributed by atoms with Crippen molar-refractivity contribution >= 4 is 23.5 Å². The Hall–Kier alpha value is -3.69. The lowest BCUT2D eigenvalue weighted by Crippen LogP contribution is -2.49. The van der Waals surface area contributed by atoms with E-state index in [4.69, 9.17) is 5.41 Å². The summed E-state index contributed by atoms with van der Waals surface area (Å²) in [6, 6.07) is 14.7. The summed E-state index contributed by atoms with van der Waals surface area (Å²) in [6.07, 6.45) is 3.05. The first-order chi connectivity index (χ1) is 16.4. The molecule has 1 aliphatic heterocycles. The highest BCUT2D eigenvalue weighted by Gasteiger charge is 2.34. The van der Waals surface area contributed by atoms with E-state index in [1.165, 1.54) is 35.2 Å². The van der Waals surface area contributed by atoms with Crippen molar-refractivity contribution in [3.8, 4) is 0 Å². The van der Waals surface area contributed by atoms with Gasteiger partial charge in [-0.25, -0.2) is 9.37 Å². The molecule has 0 bridgehead atoms. The van der Waals surface area contributed by atoms with Crippen LogP contribution in [0.4, 0.5) is 15.9 Å². The van der Waals surface area contributed by atoms with Gasteiger partial charge in [-0.15, -0.1) is 0 Å². The molecule has 0 saturated carbocycles. The first-order valence-corrected chi connectivity index (χ1v) is 11.0. The number of piperidine rings is 1. The Labute approximate surface area is 196 Å². The highest BCUT2D eigenvalue weighted by molar-refractivity contribution is 5.97. The number of aliphatic hydroxyl groups is 1. The Morgan fingerprint density at radius 3 is 2.47 bits per heavy atom. The predicted octanol–water partition coefficient (Wildman–Crippen LogP) is 2.83. The topological polar surface area (TPSA) is 111 Å². The molecule has 0 amide bonds. The summed E-state index contributed by atoms with van der Waals surface area (Å²) in [5, 5.41) is 21.7. The molecule has 1 fully saturated rings. The molecule has 0 aliphatic carbocycles. The van der Waals surface area contributed by atoms with Gasteiger partial charge < -0.3 is 15.8 Å². The second kappa shape index (κ2) is 10.1. The second-order valence-electron chi connectivity index (χ2n) is 8.51. The molecule has 0 radical (unpaired) electrons. The predicted molar refractivity (Wildman–Crippen MR) is 127 cm³/mol. The second-order valence-corrected chi connectivity index (χ2v) is 8.51. The van der Waals surface area contributed by atoms with E-state index in [0.717, 1.165) is 6.21 Å². The Morgan fingerprint density at radius 1 is 1.15 bits per heavy atom. The van der Waals surface area contributed by atoms with Crippen LogP contribution in [0.25, 0.3) is 0 Å². The quantitative estimate of drug-likeness (QED) is 0.350. The average Bonchev–Trinajstić information content (AvgIpc) is 2.84. The molecule has 4 rings (SSSR count). The molecule has 34 heavy (non-hydrogen) atoms. The number of ketones is 1. The third kappa shape index (κ3) is 5.44. The molecule has 8 nitrogen and oxygen atoms in total. The van der Waals surface area contributed by atoms with E-state index in [-0.39, 0.29) is 36.1 Å². The SMILES string of the molecule is N=Cc1c(Nc2ccc(F)cc2)ncn(CC2(O)CCN(CC(=O)c3ccccc3)CC2)c1=O. The van der Waals surface area contributed by atoms with Crippen LogP contribution < -0.4 is 10.9 Å². The minimum Gasteiger partial charge on any atom is -0.388 e. The van der Waals surface area contributed by atoms with Crippen LogP contribution in [0.2, 0.25) is 0 Å². The van der Waals surface area contributed by atoms with Crippen LogP contribution in [0.15, 0.2) is 65.7 Å². The van der Waals surface area contributed by atoms with Crippen molar-refractivity contribution in [2.45, 2.75) is 25.0 Å².